The summed E-state index contributed by atoms with van der Waals surface area (Å²) < 4.78 is 11.3. The topological polar surface area (TPSA) is 55.8 Å². The second-order valence-corrected chi connectivity index (χ2v) is 10.8. The lowest BCUT2D eigenvalue weighted by Gasteiger charge is -2.47. The average Bonchev–Trinajstić information content (AvgIpc) is 2.66. The van der Waals surface area contributed by atoms with Crippen molar-refractivity contribution < 1.29 is 18.8 Å². The van der Waals surface area contributed by atoms with Crippen molar-refractivity contribution in [1.29, 1.82) is 0 Å². The lowest BCUT2D eigenvalue weighted by atomic mass is 9.89. The molecule has 0 saturated carbocycles. The minimum atomic E-state index is -1.87. The van der Waals surface area contributed by atoms with Gasteiger partial charge in [-0.25, -0.2) is 0 Å². The largest absolute Gasteiger partial charge is 0.469 e. The second-order valence-electron chi connectivity index (χ2n) is 6.32. The van der Waals surface area contributed by atoms with E-state index in [0.29, 0.717) is 19.4 Å². The van der Waals surface area contributed by atoms with Crippen LogP contribution in [-0.2, 0) is 18.8 Å². The van der Waals surface area contributed by atoms with Gasteiger partial charge in [-0.05, 0) is 38.9 Å². The van der Waals surface area contributed by atoms with Crippen LogP contribution in [0, 0.1) is 5.92 Å². The normalized spacial score (nSPS) is 31.3. The predicted molar refractivity (Wildman–Crippen MR) is 72.8 cm³/mol. The SMILES string of the molecule is COC(=O)[C@@H]1CCN2C(=O)CCC[C@]12O[Si](C)(C)C. The lowest BCUT2D eigenvalue weighted by Crippen LogP contribution is -2.60. The van der Waals surface area contributed by atoms with Crippen molar-refractivity contribution in [3.63, 3.8) is 0 Å². The maximum absolute atomic E-state index is 12.1. The summed E-state index contributed by atoms with van der Waals surface area (Å²) in [6.07, 6.45) is 2.73. The van der Waals surface area contributed by atoms with E-state index in [4.69, 9.17) is 9.16 Å². The van der Waals surface area contributed by atoms with Gasteiger partial charge >= 0.3 is 5.97 Å². The fraction of sp³-hybridized carbons (Fsp3) is 0.846. The molecule has 2 rings (SSSR count). The fourth-order valence-corrected chi connectivity index (χ4v) is 4.70. The molecular weight excluding hydrogens is 262 g/mol. The van der Waals surface area contributed by atoms with Crippen LogP contribution in [0.1, 0.15) is 25.7 Å². The third kappa shape index (κ3) is 2.56. The van der Waals surface area contributed by atoms with Crippen molar-refractivity contribution >= 4 is 20.2 Å². The number of ether oxygens (including phenoxy) is 1. The molecule has 2 aliphatic rings. The van der Waals surface area contributed by atoms with E-state index in [0.717, 1.165) is 12.8 Å². The van der Waals surface area contributed by atoms with Crippen LogP contribution in [0.15, 0.2) is 0 Å². The Balaban J connectivity index is 2.37. The van der Waals surface area contributed by atoms with Crippen LogP contribution >= 0.6 is 0 Å². The van der Waals surface area contributed by atoms with Crippen LogP contribution < -0.4 is 0 Å². The Labute approximate surface area is 115 Å². The molecule has 0 aromatic carbocycles. The summed E-state index contributed by atoms with van der Waals surface area (Å²) in [6.45, 7) is 6.87. The zero-order chi connectivity index (χ0) is 14.3. The van der Waals surface area contributed by atoms with E-state index in [1.807, 2.05) is 0 Å². The van der Waals surface area contributed by atoms with Crippen molar-refractivity contribution in [2.45, 2.75) is 51.0 Å². The van der Waals surface area contributed by atoms with Gasteiger partial charge in [-0.15, -0.1) is 0 Å². The highest BCUT2D eigenvalue weighted by atomic mass is 28.4. The van der Waals surface area contributed by atoms with Crippen LogP contribution in [0.4, 0.5) is 0 Å². The van der Waals surface area contributed by atoms with E-state index >= 15 is 0 Å². The van der Waals surface area contributed by atoms with Crippen molar-refractivity contribution in [2.24, 2.45) is 5.92 Å². The summed E-state index contributed by atoms with van der Waals surface area (Å²) >= 11 is 0. The number of hydrogen-bond donors (Lipinski definition) is 0. The molecule has 0 spiro atoms. The first-order valence-corrected chi connectivity index (χ1v) is 10.3. The van der Waals surface area contributed by atoms with E-state index in [2.05, 4.69) is 19.6 Å². The minimum Gasteiger partial charge on any atom is -0.469 e. The Morgan fingerprint density at radius 1 is 1.42 bits per heavy atom. The van der Waals surface area contributed by atoms with Gasteiger partial charge in [-0.3, -0.25) is 9.59 Å². The van der Waals surface area contributed by atoms with Gasteiger partial charge in [-0.2, -0.15) is 0 Å². The number of carbonyl (C=O) groups excluding carboxylic acids is 2. The molecule has 1 amide bonds. The molecule has 0 aliphatic carbocycles. The first-order chi connectivity index (χ1) is 8.80. The quantitative estimate of drug-likeness (QED) is 0.585. The summed E-state index contributed by atoms with van der Waals surface area (Å²) in [6, 6.07) is 0. The number of rotatable bonds is 3. The molecule has 6 heteroatoms. The molecule has 19 heavy (non-hydrogen) atoms. The summed E-state index contributed by atoms with van der Waals surface area (Å²) in [5.74, 6) is -0.486. The summed E-state index contributed by atoms with van der Waals surface area (Å²) in [5, 5.41) is 0. The highest BCUT2D eigenvalue weighted by Crippen LogP contribution is 2.45. The molecule has 2 saturated heterocycles. The van der Waals surface area contributed by atoms with Gasteiger partial charge in [0.15, 0.2) is 8.32 Å². The van der Waals surface area contributed by atoms with Crippen LogP contribution in [-0.4, -0.2) is 44.5 Å². The predicted octanol–water partition coefficient (Wildman–Crippen LogP) is 1.74. The molecule has 2 fully saturated rings. The second kappa shape index (κ2) is 4.90. The molecule has 5 nitrogen and oxygen atoms in total. The van der Waals surface area contributed by atoms with Crippen LogP contribution in [0.25, 0.3) is 0 Å². The van der Waals surface area contributed by atoms with E-state index in [-0.39, 0.29) is 17.8 Å². The van der Waals surface area contributed by atoms with E-state index in [9.17, 15) is 9.59 Å². The van der Waals surface area contributed by atoms with Gasteiger partial charge in [0, 0.05) is 13.0 Å². The first-order valence-electron chi connectivity index (χ1n) is 6.89. The van der Waals surface area contributed by atoms with E-state index in [1.54, 1.807) is 4.90 Å². The molecular formula is C13H23NO4Si. The number of methoxy groups -OCH3 is 1. The summed E-state index contributed by atoms with van der Waals surface area (Å²) in [7, 11) is -0.471. The molecule has 2 aliphatic heterocycles. The van der Waals surface area contributed by atoms with Gasteiger partial charge in [0.25, 0.3) is 0 Å². The molecule has 0 unspecified atom stereocenters. The molecule has 0 aromatic rings. The number of hydrogen-bond acceptors (Lipinski definition) is 4. The standard InChI is InChI=1S/C13H23NO4Si/c1-17-12(16)10-7-9-14-11(15)6-5-8-13(10,14)18-19(2,3)4/h10H,5-9H2,1-4H3/t10-,13-/m0/s1. The molecule has 0 aromatic heterocycles. The Hall–Kier alpha value is -0.883. The third-order valence-electron chi connectivity index (χ3n) is 3.84. The van der Waals surface area contributed by atoms with Crippen LogP contribution in [0.3, 0.4) is 0 Å². The Morgan fingerprint density at radius 2 is 2.11 bits per heavy atom. The number of carbonyl (C=O) groups is 2. The number of piperidine rings is 1. The first kappa shape index (κ1) is 14.5. The monoisotopic (exact) mass is 285 g/mol. The summed E-state index contributed by atoms with van der Waals surface area (Å²) in [4.78, 5) is 26.0. The maximum Gasteiger partial charge on any atom is 0.313 e. The average molecular weight is 285 g/mol. The number of amides is 1. The van der Waals surface area contributed by atoms with Crippen LogP contribution in [0.2, 0.25) is 19.6 Å². The molecule has 2 heterocycles. The van der Waals surface area contributed by atoms with Crippen molar-refractivity contribution in [3.8, 4) is 0 Å². The third-order valence-corrected chi connectivity index (χ3v) is 4.80. The van der Waals surface area contributed by atoms with Crippen LogP contribution in [0.5, 0.6) is 0 Å². The van der Waals surface area contributed by atoms with Gasteiger partial charge < -0.3 is 14.1 Å². The lowest BCUT2D eigenvalue weighted by molar-refractivity contribution is -0.175. The molecule has 0 radical (unpaired) electrons. The van der Waals surface area contributed by atoms with Gasteiger partial charge in [0.2, 0.25) is 5.91 Å². The Kier molecular flexibility index (Phi) is 3.75. The zero-order valence-corrected chi connectivity index (χ0v) is 13.2. The van der Waals surface area contributed by atoms with Gasteiger partial charge in [0.1, 0.15) is 11.6 Å². The van der Waals surface area contributed by atoms with Gasteiger partial charge in [0.05, 0.1) is 7.11 Å². The van der Waals surface area contributed by atoms with Gasteiger partial charge in [-0.1, -0.05) is 0 Å². The van der Waals surface area contributed by atoms with Crippen molar-refractivity contribution in [3.05, 3.63) is 0 Å². The molecule has 0 bridgehead atoms. The smallest absolute Gasteiger partial charge is 0.313 e. The van der Waals surface area contributed by atoms with Crippen molar-refractivity contribution in [1.82, 2.24) is 4.90 Å². The van der Waals surface area contributed by atoms with E-state index < -0.39 is 14.0 Å². The van der Waals surface area contributed by atoms with E-state index in [1.165, 1.54) is 7.11 Å². The Bertz CT molecular complexity index is 393. The molecule has 108 valence electrons. The minimum absolute atomic E-state index is 0.107. The molecule has 2 atom stereocenters. The maximum atomic E-state index is 12.1. The highest BCUT2D eigenvalue weighted by molar-refractivity contribution is 6.69. The number of nitrogens with zero attached hydrogens (tertiary/aromatic N) is 1. The highest BCUT2D eigenvalue weighted by Gasteiger charge is 2.58. The number of esters is 1. The van der Waals surface area contributed by atoms with Crippen molar-refractivity contribution in [2.75, 3.05) is 13.7 Å². The Morgan fingerprint density at radius 3 is 2.68 bits per heavy atom. The zero-order valence-electron chi connectivity index (χ0n) is 12.2. The molecule has 0 N–H and O–H groups in total. The number of fused-ring (bicyclic) bond motifs is 1. The summed E-state index contributed by atoms with van der Waals surface area (Å²) in [5.41, 5.74) is -0.743. The fourth-order valence-electron chi connectivity index (χ4n) is 3.29.